The first kappa shape index (κ1) is 11.8. The first-order chi connectivity index (χ1) is 9.02. The Hall–Kier alpha value is -2.23. The Morgan fingerprint density at radius 2 is 1.58 bits per heavy atom. The molecule has 3 aromatic rings. The molecule has 98 valence electrons. The molecule has 19 heavy (non-hydrogen) atoms. The molecule has 0 aliphatic rings. The molecule has 0 aliphatic heterocycles. The van der Waals surface area contributed by atoms with E-state index in [1.807, 2.05) is 20.8 Å². The summed E-state index contributed by atoms with van der Waals surface area (Å²) in [6.45, 7) is 7.94. The molecule has 0 radical (unpaired) electrons. The molecule has 4 nitrogen and oxygen atoms in total. The van der Waals surface area contributed by atoms with Gasteiger partial charge in [-0.1, -0.05) is 0 Å². The summed E-state index contributed by atoms with van der Waals surface area (Å²) in [5, 5.41) is 14.1. The molecular weight excluding hydrogens is 242 g/mol. The minimum Gasteiger partial charge on any atom is -0.461 e. The smallest absolute Gasteiger partial charge is 0.255 e. The normalized spacial score (nSPS) is 12.7. The second-order valence-corrected chi connectivity index (χ2v) is 4.91. The molecule has 4 heteroatoms. The molecule has 0 fully saturated rings. The summed E-state index contributed by atoms with van der Waals surface area (Å²) in [5.41, 5.74) is 4.83. The quantitative estimate of drug-likeness (QED) is 0.493. The van der Waals surface area contributed by atoms with Gasteiger partial charge in [0.15, 0.2) is 0 Å². The van der Waals surface area contributed by atoms with Crippen LogP contribution in [0.3, 0.4) is 0 Å². The van der Waals surface area contributed by atoms with Gasteiger partial charge < -0.3 is 14.0 Å². The van der Waals surface area contributed by atoms with Crippen molar-refractivity contribution in [2.24, 2.45) is 5.16 Å². The van der Waals surface area contributed by atoms with Crippen molar-refractivity contribution in [2.45, 2.75) is 27.7 Å². The lowest BCUT2D eigenvalue weighted by atomic mass is 10.0. The average molecular weight is 257 g/mol. The maximum atomic E-state index is 8.88. The lowest BCUT2D eigenvalue weighted by molar-refractivity contribution is 0.276. The zero-order chi connectivity index (χ0) is 13.7. The van der Waals surface area contributed by atoms with Crippen molar-refractivity contribution in [3.63, 3.8) is 0 Å². The minimum atomic E-state index is 0.201. The minimum absolute atomic E-state index is 0.201. The van der Waals surface area contributed by atoms with Crippen molar-refractivity contribution in [2.75, 3.05) is 0 Å². The van der Waals surface area contributed by atoms with E-state index in [2.05, 4.69) is 18.1 Å². The van der Waals surface area contributed by atoms with Gasteiger partial charge in [-0.15, -0.1) is 0 Å². The summed E-state index contributed by atoms with van der Waals surface area (Å²) in [5.74, 6) is 0.915. The number of nitrogens with zero attached hydrogens (tertiary/aromatic N) is 1. The first-order valence-corrected chi connectivity index (χ1v) is 6.14. The number of furan rings is 1. The fourth-order valence-electron chi connectivity index (χ4n) is 2.48. The molecule has 0 unspecified atom stereocenters. The van der Waals surface area contributed by atoms with Gasteiger partial charge >= 0.3 is 0 Å². The van der Waals surface area contributed by atoms with Crippen LogP contribution in [-0.2, 0) is 0 Å². The molecule has 0 bridgehead atoms. The van der Waals surface area contributed by atoms with E-state index in [-0.39, 0.29) is 5.55 Å². The number of aryl methyl sites for hydroxylation is 4. The lowest BCUT2D eigenvalue weighted by Crippen LogP contribution is -2.01. The van der Waals surface area contributed by atoms with Gasteiger partial charge in [0.05, 0.1) is 0 Å². The standard InChI is InChI=1S/C15H15NO3/c1-7-5-13(16-17)19-14-9(3)15-12(6-11(7)14)8(2)10(4)18-15/h5-6,17H,1-4H3/b16-13-. The summed E-state index contributed by atoms with van der Waals surface area (Å²) in [6.07, 6.45) is 0. The van der Waals surface area contributed by atoms with Crippen LogP contribution in [-0.4, -0.2) is 5.21 Å². The van der Waals surface area contributed by atoms with Crippen molar-refractivity contribution >= 4 is 21.9 Å². The maximum Gasteiger partial charge on any atom is 0.255 e. The largest absolute Gasteiger partial charge is 0.461 e. The fraction of sp³-hybridized carbons (Fsp3) is 0.267. The van der Waals surface area contributed by atoms with Crippen LogP contribution in [0.15, 0.2) is 26.1 Å². The molecule has 0 saturated carbocycles. The predicted octanol–water partition coefficient (Wildman–Crippen LogP) is 3.70. The van der Waals surface area contributed by atoms with Gasteiger partial charge in [0, 0.05) is 22.4 Å². The molecule has 0 atom stereocenters. The fourth-order valence-corrected chi connectivity index (χ4v) is 2.48. The van der Waals surface area contributed by atoms with Crippen LogP contribution >= 0.6 is 0 Å². The Balaban J connectivity index is 2.61. The highest BCUT2D eigenvalue weighted by Gasteiger charge is 2.15. The number of rotatable bonds is 0. The van der Waals surface area contributed by atoms with Crippen molar-refractivity contribution in [1.29, 1.82) is 0 Å². The third kappa shape index (κ3) is 1.56. The Morgan fingerprint density at radius 1 is 0.895 bits per heavy atom. The summed E-state index contributed by atoms with van der Waals surface area (Å²) >= 11 is 0. The topological polar surface area (TPSA) is 58.9 Å². The van der Waals surface area contributed by atoms with E-state index in [1.165, 1.54) is 0 Å². The van der Waals surface area contributed by atoms with Crippen molar-refractivity contribution < 1.29 is 14.0 Å². The van der Waals surface area contributed by atoms with Crippen molar-refractivity contribution in [1.82, 2.24) is 0 Å². The van der Waals surface area contributed by atoms with Crippen LogP contribution in [0.2, 0.25) is 0 Å². The van der Waals surface area contributed by atoms with Gasteiger partial charge in [0.25, 0.3) is 5.55 Å². The third-order valence-electron chi connectivity index (χ3n) is 3.72. The highest BCUT2D eigenvalue weighted by molar-refractivity contribution is 5.99. The van der Waals surface area contributed by atoms with E-state index in [4.69, 9.17) is 14.0 Å². The summed E-state index contributed by atoms with van der Waals surface area (Å²) in [7, 11) is 0. The van der Waals surface area contributed by atoms with Crippen molar-refractivity contribution in [3.05, 3.63) is 40.1 Å². The predicted molar refractivity (Wildman–Crippen MR) is 72.3 cm³/mol. The average Bonchev–Trinajstić information content (AvgIpc) is 2.68. The number of hydrogen-bond acceptors (Lipinski definition) is 4. The summed E-state index contributed by atoms with van der Waals surface area (Å²) < 4.78 is 11.4. The molecule has 2 heterocycles. The van der Waals surface area contributed by atoms with Gasteiger partial charge in [-0.05, 0) is 50.0 Å². The van der Waals surface area contributed by atoms with Gasteiger partial charge in [0.2, 0.25) is 0 Å². The van der Waals surface area contributed by atoms with Gasteiger partial charge in [-0.2, -0.15) is 0 Å². The second kappa shape index (κ2) is 3.88. The van der Waals surface area contributed by atoms with Crippen LogP contribution in [0.5, 0.6) is 0 Å². The van der Waals surface area contributed by atoms with Crippen molar-refractivity contribution in [3.8, 4) is 0 Å². The molecule has 0 aliphatic carbocycles. The molecule has 1 aromatic carbocycles. The van der Waals surface area contributed by atoms with Crippen LogP contribution in [0, 0.1) is 27.7 Å². The molecule has 0 spiro atoms. The lowest BCUT2D eigenvalue weighted by Gasteiger charge is -2.05. The summed E-state index contributed by atoms with van der Waals surface area (Å²) in [4.78, 5) is 0. The van der Waals surface area contributed by atoms with Gasteiger partial charge in [-0.3, -0.25) is 0 Å². The van der Waals surface area contributed by atoms with E-state index in [1.54, 1.807) is 6.07 Å². The highest BCUT2D eigenvalue weighted by atomic mass is 16.5. The zero-order valence-electron chi connectivity index (χ0n) is 11.4. The maximum absolute atomic E-state index is 8.88. The van der Waals surface area contributed by atoms with E-state index < -0.39 is 0 Å². The number of fused-ring (bicyclic) bond motifs is 2. The highest BCUT2D eigenvalue weighted by Crippen LogP contribution is 2.33. The molecule has 3 rings (SSSR count). The monoisotopic (exact) mass is 257 g/mol. The SMILES string of the molecule is Cc1oc2c(C)c3o/c(=N\O)cc(C)c3cc2c1C. The molecule has 0 amide bonds. The Labute approximate surface area is 109 Å². The molecule has 0 saturated heterocycles. The molecular formula is C15H15NO3. The van der Waals surface area contributed by atoms with E-state index in [0.717, 1.165) is 38.8 Å². The van der Waals surface area contributed by atoms with Crippen LogP contribution in [0.1, 0.15) is 22.5 Å². The Morgan fingerprint density at radius 3 is 2.26 bits per heavy atom. The number of benzene rings is 1. The van der Waals surface area contributed by atoms with Crippen LogP contribution in [0.25, 0.3) is 21.9 Å². The van der Waals surface area contributed by atoms with Gasteiger partial charge in [0.1, 0.15) is 16.9 Å². The van der Waals surface area contributed by atoms with E-state index >= 15 is 0 Å². The van der Waals surface area contributed by atoms with Crippen LogP contribution in [0.4, 0.5) is 0 Å². The molecule has 2 aromatic heterocycles. The van der Waals surface area contributed by atoms with E-state index in [0.29, 0.717) is 5.58 Å². The first-order valence-electron chi connectivity index (χ1n) is 6.14. The number of hydrogen-bond donors (Lipinski definition) is 1. The zero-order valence-corrected chi connectivity index (χ0v) is 11.4. The Kier molecular flexibility index (Phi) is 2.42. The van der Waals surface area contributed by atoms with E-state index in [9.17, 15) is 0 Å². The van der Waals surface area contributed by atoms with Crippen LogP contribution < -0.4 is 5.55 Å². The Bertz CT molecular complexity index is 869. The summed E-state index contributed by atoms with van der Waals surface area (Å²) in [6, 6.07) is 3.79. The second-order valence-electron chi connectivity index (χ2n) is 4.91. The third-order valence-corrected chi connectivity index (χ3v) is 3.72. The van der Waals surface area contributed by atoms with Gasteiger partial charge in [-0.25, -0.2) is 0 Å². The molecule has 1 N–H and O–H groups in total.